The van der Waals surface area contributed by atoms with Crippen molar-refractivity contribution in [2.24, 2.45) is 0 Å². The molecule has 0 aliphatic carbocycles. The molecule has 0 aliphatic heterocycles. The Labute approximate surface area is 295 Å². The zero-order chi connectivity index (χ0) is 33.7. The smallest absolute Gasteiger partial charge is 0.0788 e. The SMILES string of the molecule is c1ccc(-c2cc(-c3ccc(-c4nc5ccccc5c5c4ccc4c6ccccc6n(-c6ccccc6)c45)cc3)cc(-c3ccccc3)n2)cc1. The van der Waals surface area contributed by atoms with Gasteiger partial charge in [0.15, 0.2) is 0 Å². The zero-order valence-corrected chi connectivity index (χ0v) is 27.7. The Hall–Kier alpha value is -6.84. The summed E-state index contributed by atoms with van der Waals surface area (Å²) in [5.41, 5.74) is 12.9. The van der Waals surface area contributed by atoms with Crippen molar-refractivity contribution in [2.45, 2.75) is 0 Å². The molecule has 0 amide bonds. The highest BCUT2D eigenvalue weighted by Gasteiger charge is 2.19. The van der Waals surface area contributed by atoms with Crippen LogP contribution in [0.25, 0.3) is 94.1 Å². The van der Waals surface area contributed by atoms with Crippen molar-refractivity contribution in [3.05, 3.63) is 188 Å². The molecule has 0 N–H and O–H groups in total. The predicted molar refractivity (Wildman–Crippen MR) is 213 cm³/mol. The van der Waals surface area contributed by atoms with Gasteiger partial charge in [-0.25, -0.2) is 9.97 Å². The Balaban J connectivity index is 1.18. The molecular formula is C48H31N3. The fourth-order valence-corrected chi connectivity index (χ4v) is 7.59. The summed E-state index contributed by atoms with van der Waals surface area (Å²) >= 11 is 0. The normalized spacial score (nSPS) is 11.5. The van der Waals surface area contributed by atoms with Crippen LogP contribution in [-0.4, -0.2) is 14.5 Å². The molecule has 3 heteroatoms. The van der Waals surface area contributed by atoms with Crippen LogP contribution in [-0.2, 0) is 0 Å². The van der Waals surface area contributed by atoms with Crippen molar-refractivity contribution in [1.29, 1.82) is 0 Å². The predicted octanol–water partition coefficient (Wildman–Crippen LogP) is 12.5. The number of pyridine rings is 2. The summed E-state index contributed by atoms with van der Waals surface area (Å²) in [7, 11) is 0. The maximum Gasteiger partial charge on any atom is 0.0788 e. The van der Waals surface area contributed by atoms with E-state index in [9.17, 15) is 0 Å². The third kappa shape index (κ3) is 4.90. The molecule has 7 aromatic carbocycles. The average Bonchev–Trinajstić information content (AvgIpc) is 3.56. The van der Waals surface area contributed by atoms with Crippen molar-refractivity contribution in [3.63, 3.8) is 0 Å². The molecule has 3 aromatic heterocycles. The van der Waals surface area contributed by atoms with Crippen LogP contribution in [0.3, 0.4) is 0 Å². The molecule has 51 heavy (non-hydrogen) atoms. The fourth-order valence-electron chi connectivity index (χ4n) is 7.59. The summed E-state index contributed by atoms with van der Waals surface area (Å²) in [6.45, 7) is 0. The third-order valence-corrected chi connectivity index (χ3v) is 9.97. The van der Waals surface area contributed by atoms with Gasteiger partial charge in [-0.1, -0.05) is 152 Å². The van der Waals surface area contributed by atoms with Gasteiger partial charge in [-0.2, -0.15) is 0 Å². The van der Waals surface area contributed by atoms with E-state index >= 15 is 0 Å². The number of benzene rings is 7. The Morgan fingerprint density at radius 2 is 0.902 bits per heavy atom. The number of rotatable bonds is 5. The maximum absolute atomic E-state index is 5.33. The lowest BCUT2D eigenvalue weighted by atomic mass is 9.95. The first-order valence-corrected chi connectivity index (χ1v) is 17.3. The summed E-state index contributed by atoms with van der Waals surface area (Å²) in [4.78, 5) is 10.4. The number of para-hydroxylation sites is 3. The Bertz CT molecular complexity index is 2820. The summed E-state index contributed by atoms with van der Waals surface area (Å²) in [6.07, 6.45) is 0. The first kappa shape index (κ1) is 29.1. The van der Waals surface area contributed by atoms with Gasteiger partial charge in [0.05, 0.1) is 33.6 Å². The van der Waals surface area contributed by atoms with Gasteiger partial charge in [-0.15, -0.1) is 0 Å². The molecule has 0 bridgehead atoms. The van der Waals surface area contributed by atoms with E-state index in [0.29, 0.717) is 0 Å². The standard InChI is InChI=1S/C48H31N3/c1-4-14-33(15-5-1)43-30-36(31-44(49-43)34-16-6-2-7-17-34)32-24-26-35(27-25-32)47-41-29-28-39-38-20-11-13-23-45(38)51(37-18-8-3-9-19-37)48(39)46(41)40-21-10-12-22-42(40)50-47/h1-31H. The van der Waals surface area contributed by atoms with Crippen LogP contribution in [0.5, 0.6) is 0 Å². The van der Waals surface area contributed by atoms with Crippen molar-refractivity contribution in [3.8, 4) is 50.6 Å². The molecule has 0 saturated heterocycles. The summed E-state index contributed by atoms with van der Waals surface area (Å²) in [5, 5.41) is 5.98. The monoisotopic (exact) mass is 649 g/mol. The minimum atomic E-state index is 0.955. The molecule has 0 spiro atoms. The highest BCUT2D eigenvalue weighted by molar-refractivity contribution is 6.26. The number of fused-ring (bicyclic) bond motifs is 7. The van der Waals surface area contributed by atoms with Gasteiger partial charge in [0, 0.05) is 49.3 Å². The van der Waals surface area contributed by atoms with Gasteiger partial charge < -0.3 is 4.57 Å². The average molecular weight is 650 g/mol. The van der Waals surface area contributed by atoms with Crippen LogP contribution in [0.2, 0.25) is 0 Å². The van der Waals surface area contributed by atoms with Crippen molar-refractivity contribution >= 4 is 43.5 Å². The van der Waals surface area contributed by atoms with Crippen LogP contribution in [0.15, 0.2) is 188 Å². The van der Waals surface area contributed by atoms with Crippen LogP contribution >= 0.6 is 0 Å². The first-order valence-electron chi connectivity index (χ1n) is 17.3. The molecular weight excluding hydrogens is 619 g/mol. The van der Waals surface area contributed by atoms with Gasteiger partial charge in [-0.3, -0.25) is 0 Å². The molecule has 10 rings (SSSR count). The van der Waals surface area contributed by atoms with E-state index in [1.165, 1.54) is 27.2 Å². The number of hydrogen-bond acceptors (Lipinski definition) is 2. The highest BCUT2D eigenvalue weighted by Crippen LogP contribution is 2.42. The van der Waals surface area contributed by atoms with Gasteiger partial charge in [-0.05, 0) is 47.5 Å². The second kappa shape index (κ2) is 11.9. The minimum Gasteiger partial charge on any atom is -0.309 e. The maximum atomic E-state index is 5.33. The quantitative estimate of drug-likeness (QED) is 0.174. The lowest BCUT2D eigenvalue weighted by Crippen LogP contribution is -1.96. The topological polar surface area (TPSA) is 30.7 Å². The van der Waals surface area contributed by atoms with Crippen LogP contribution in [0.4, 0.5) is 0 Å². The van der Waals surface area contributed by atoms with Crippen LogP contribution in [0, 0.1) is 0 Å². The molecule has 238 valence electrons. The molecule has 0 aliphatic rings. The van der Waals surface area contributed by atoms with E-state index < -0.39 is 0 Å². The minimum absolute atomic E-state index is 0.955. The second-order valence-corrected chi connectivity index (χ2v) is 13.0. The van der Waals surface area contributed by atoms with E-state index in [-0.39, 0.29) is 0 Å². The molecule has 3 nitrogen and oxygen atoms in total. The molecule has 0 fully saturated rings. The van der Waals surface area contributed by atoms with E-state index in [1.54, 1.807) is 0 Å². The third-order valence-electron chi connectivity index (χ3n) is 9.97. The van der Waals surface area contributed by atoms with Crippen molar-refractivity contribution < 1.29 is 0 Å². The van der Waals surface area contributed by atoms with E-state index in [2.05, 4.69) is 180 Å². The Kier molecular flexibility index (Phi) is 6.81. The lowest BCUT2D eigenvalue weighted by Gasteiger charge is -2.15. The van der Waals surface area contributed by atoms with Gasteiger partial charge in [0.1, 0.15) is 0 Å². The lowest BCUT2D eigenvalue weighted by molar-refractivity contribution is 1.19. The number of aromatic nitrogens is 3. The molecule has 0 radical (unpaired) electrons. The van der Waals surface area contributed by atoms with Gasteiger partial charge >= 0.3 is 0 Å². The number of hydrogen-bond donors (Lipinski definition) is 0. The van der Waals surface area contributed by atoms with Gasteiger partial charge in [0.2, 0.25) is 0 Å². The van der Waals surface area contributed by atoms with Crippen LogP contribution in [0.1, 0.15) is 0 Å². The van der Waals surface area contributed by atoms with Crippen LogP contribution < -0.4 is 0 Å². The van der Waals surface area contributed by atoms with Crippen molar-refractivity contribution in [1.82, 2.24) is 14.5 Å². The van der Waals surface area contributed by atoms with Gasteiger partial charge in [0.25, 0.3) is 0 Å². The fraction of sp³-hybridized carbons (Fsp3) is 0. The van der Waals surface area contributed by atoms with E-state index in [1.807, 2.05) is 12.1 Å². The first-order chi connectivity index (χ1) is 25.3. The molecule has 10 aromatic rings. The molecule has 0 unspecified atom stereocenters. The van der Waals surface area contributed by atoms with Crippen molar-refractivity contribution in [2.75, 3.05) is 0 Å². The Morgan fingerprint density at radius 3 is 1.59 bits per heavy atom. The Morgan fingerprint density at radius 1 is 0.353 bits per heavy atom. The second-order valence-electron chi connectivity index (χ2n) is 13.0. The zero-order valence-electron chi connectivity index (χ0n) is 27.7. The summed E-state index contributed by atoms with van der Waals surface area (Å²) < 4.78 is 2.42. The number of nitrogens with zero attached hydrogens (tertiary/aromatic N) is 3. The molecule has 0 saturated carbocycles. The molecule has 0 atom stereocenters. The largest absolute Gasteiger partial charge is 0.309 e. The van der Waals surface area contributed by atoms with E-state index in [0.717, 1.165) is 66.9 Å². The van der Waals surface area contributed by atoms with E-state index in [4.69, 9.17) is 9.97 Å². The summed E-state index contributed by atoms with van der Waals surface area (Å²) in [5.74, 6) is 0. The summed E-state index contributed by atoms with van der Waals surface area (Å²) in [6, 6.07) is 66.6. The highest BCUT2D eigenvalue weighted by atomic mass is 15.0. The molecule has 3 heterocycles.